The van der Waals surface area contributed by atoms with Crippen molar-refractivity contribution in [2.75, 3.05) is 32.9 Å². The molecule has 8 nitrogen and oxygen atoms in total. The van der Waals surface area contributed by atoms with Crippen molar-refractivity contribution in [2.24, 2.45) is 0 Å². The van der Waals surface area contributed by atoms with Gasteiger partial charge in [0.1, 0.15) is 0 Å². The van der Waals surface area contributed by atoms with Gasteiger partial charge < -0.3 is 14.8 Å². The summed E-state index contributed by atoms with van der Waals surface area (Å²) in [7, 11) is 0. The van der Waals surface area contributed by atoms with E-state index >= 15 is 0 Å². The molecule has 0 unspecified atom stereocenters. The Morgan fingerprint density at radius 3 is 2.46 bits per heavy atom. The number of urea groups is 1. The number of benzene rings is 1. The fraction of sp³-hybridized carbons (Fsp3) is 0.500. The summed E-state index contributed by atoms with van der Waals surface area (Å²) in [5, 5.41) is 4.75. The predicted octanol–water partition coefficient (Wildman–Crippen LogP) is 0.664. The summed E-state index contributed by atoms with van der Waals surface area (Å²) in [6.45, 7) is 3.58. The summed E-state index contributed by atoms with van der Waals surface area (Å²) < 4.78 is 10.3. The average molecular weight is 361 g/mol. The van der Waals surface area contributed by atoms with Crippen molar-refractivity contribution in [1.29, 1.82) is 0 Å². The normalized spacial score (nSPS) is 17.4. The predicted molar refractivity (Wildman–Crippen MR) is 92.5 cm³/mol. The smallest absolute Gasteiger partial charge is 0.338 e. The molecule has 2 fully saturated rings. The maximum atomic E-state index is 12.0. The van der Waals surface area contributed by atoms with Crippen LogP contribution in [0.15, 0.2) is 24.3 Å². The van der Waals surface area contributed by atoms with Crippen LogP contribution in [0.2, 0.25) is 0 Å². The van der Waals surface area contributed by atoms with E-state index in [1.807, 2.05) is 12.1 Å². The summed E-state index contributed by atoms with van der Waals surface area (Å²) in [4.78, 5) is 37.3. The summed E-state index contributed by atoms with van der Waals surface area (Å²) in [6, 6.07) is 6.69. The minimum absolute atomic E-state index is 0.154. The number of carbonyl (C=O) groups is 3. The molecule has 1 aliphatic carbocycles. The van der Waals surface area contributed by atoms with Gasteiger partial charge in [0, 0.05) is 25.7 Å². The molecule has 1 heterocycles. The van der Waals surface area contributed by atoms with Crippen LogP contribution in [-0.2, 0) is 20.8 Å². The third kappa shape index (κ3) is 5.82. The van der Waals surface area contributed by atoms with Crippen LogP contribution in [0.4, 0.5) is 4.79 Å². The van der Waals surface area contributed by atoms with E-state index in [4.69, 9.17) is 9.47 Å². The van der Waals surface area contributed by atoms with Gasteiger partial charge in [-0.05, 0) is 30.5 Å². The Morgan fingerprint density at radius 1 is 1.12 bits per heavy atom. The van der Waals surface area contributed by atoms with Crippen molar-refractivity contribution in [2.45, 2.75) is 25.4 Å². The molecule has 2 N–H and O–H groups in total. The highest BCUT2D eigenvalue weighted by Gasteiger charge is 2.24. The molecule has 0 bridgehead atoms. The van der Waals surface area contributed by atoms with Gasteiger partial charge in [-0.3, -0.25) is 15.0 Å². The third-order valence-corrected chi connectivity index (χ3v) is 4.20. The standard InChI is InChI=1S/C18H23N3O5/c22-16(20-18(24)19-15-5-6-15)12-26-17(23)14-3-1-13(2-4-14)11-21-7-9-25-10-8-21/h1-4,15H,5-12H2,(H2,19,20,22,24). The van der Waals surface area contributed by atoms with Gasteiger partial charge in [-0.15, -0.1) is 0 Å². The van der Waals surface area contributed by atoms with Gasteiger partial charge >= 0.3 is 12.0 Å². The summed E-state index contributed by atoms with van der Waals surface area (Å²) in [5.41, 5.74) is 1.46. The molecule has 0 aromatic heterocycles. The molecule has 3 amide bonds. The highest BCUT2D eigenvalue weighted by Crippen LogP contribution is 2.18. The zero-order valence-corrected chi connectivity index (χ0v) is 14.5. The number of nitrogens with one attached hydrogen (secondary N) is 2. The Labute approximate surface area is 151 Å². The quantitative estimate of drug-likeness (QED) is 0.723. The lowest BCUT2D eigenvalue weighted by Gasteiger charge is -2.26. The summed E-state index contributed by atoms with van der Waals surface area (Å²) >= 11 is 0. The fourth-order valence-corrected chi connectivity index (χ4v) is 2.59. The lowest BCUT2D eigenvalue weighted by atomic mass is 10.1. The van der Waals surface area contributed by atoms with Crippen LogP contribution in [0.25, 0.3) is 0 Å². The Kier molecular flexibility index (Phi) is 6.19. The molecule has 0 atom stereocenters. The lowest BCUT2D eigenvalue weighted by Crippen LogP contribution is -2.42. The van der Waals surface area contributed by atoms with Crippen LogP contribution in [0, 0.1) is 0 Å². The van der Waals surface area contributed by atoms with E-state index in [0.29, 0.717) is 5.56 Å². The van der Waals surface area contributed by atoms with Crippen LogP contribution in [0.3, 0.4) is 0 Å². The molecule has 8 heteroatoms. The lowest BCUT2D eigenvalue weighted by molar-refractivity contribution is -0.123. The molecular formula is C18H23N3O5. The molecule has 140 valence electrons. The molecule has 2 aliphatic rings. The molecule has 1 aromatic rings. The molecule has 0 spiro atoms. The topological polar surface area (TPSA) is 97.0 Å². The Morgan fingerprint density at radius 2 is 1.81 bits per heavy atom. The van der Waals surface area contributed by atoms with Gasteiger partial charge in [-0.25, -0.2) is 9.59 Å². The Balaban J connectivity index is 1.40. The van der Waals surface area contributed by atoms with Crippen molar-refractivity contribution < 1.29 is 23.9 Å². The largest absolute Gasteiger partial charge is 0.452 e. The first-order valence-corrected chi connectivity index (χ1v) is 8.76. The van der Waals surface area contributed by atoms with Crippen LogP contribution in [-0.4, -0.2) is 61.8 Å². The first-order chi connectivity index (χ1) is 12.6. The van der Waals surface area contributed by atoms with E-state index in [-0.39, 0.29) is 6.04 Å². The van der Waals surface area contributed by atoms with Crippen molar-refractivity contribution >= 4 is 17.9 Å². The van der Waals surface area contributed by atoms with Crippen molar-refractivity contribution in [3.8, 4) is 0 Å². The maximum absolute atomic E-state index is 12.0. The van der Waals surface area contributed by atoms with Crippen LogP contribution in [0.1, 0.15) is 28.8 Å². The maximum Gasteiger partial charge on any atom is 0.338 e. The summed E-state index contributed by atoms with van der Waals surface area (Å²) in [6.07, 6.45) is 1.86. The van der Waals surface area contributed by atoms with Crippen molar-refractivity contribution in [3.05, 3.63) is 35.4 Å². The number of amides is 3. The zero-order valence-electron chi connectivity index (χ0n) is 14.5. The third-order valence-electron chi connectivity index (χ3n) is 4.20. The fourth-order valence-electron chi connectivity index (χ4n) is 2.59. The molecule has 1 saturated heterocycles. The van der Waals surface area contributed by atoms with E-state index in [9.17, 15) is 14.4 Å². The number of hydrogen-bond donors (Lipinski definition) is 2. The van der Waals surface area contributed by atoms with E-state index in [2.05, 4.69) is 15.5 Å². The second kappa shape index (κ2) is 8.77. The SMILES string of the molecule is O=C(COC(=O)c1ccc(CN2CCOCC2)cc1)NC(=O)NC1CC1. The van der Waals surface area contributed by atoms with Gasteiger partial charge in [-0.1, -0.05) is 12.1 Å². The van der Waals surface area contributed by atoms with Gasteiger partial charge in [0.25, 0.3) is 5.91 Å². The number of morpholine rings is 1. The van der Waals surface area contributed by atoms with Gasteiger partial charge in [0.2, 0.25) is 0 Å². The molecule has 1 aliphatic heterocycles. The average Bonchev–Trinajstić information content (AvgIpc) is 3.45. The van der Waals surface area contributed by atoms with Gasteiger partial charge in [0.15, 0.2) is 6.61 Å². The molecule has 1 saturated carbocycles. The number of imide groups is 1. The van der Waals surface area contributed by atoms with E-state index in [1.165, 1.54) is 0 Å². The first-order valence-electron chi connectivity index (χ1n) is 8.76. The van der Waals surface area contributed by atoms with Crippen molar-refractivity contribution in [1.82, 2.24) is 15.5 Å². The van der Waals surface area contributed by atoms with E-state index < -0.39 is 24.5 Å². The minimum atomic E-state index is -0.652. The number of esters is 1. The second-order valence-corrected chi connectivity index (χ2v) is 6.46. The van der Waals surface area contributed by atoms with Crippen molar-refractivity contribution in [3.63, 3.8) is 0 Å². The van der Waals surface area contributed by atoms with Crippen LogP contribution >= 0.6 is 0 Å². The number of nitrogens with zero attached hydrogens (tertiary/aromatic N) is 1. The second-order valence-electron chi connectivity index (χ2n) is 6.46. The van der Waals surface area contributed by atoms with Gasteiger partial charge in [-0.2, -0.15) is 0 Å². The zero-order chi connectivity index (χ0) is 18.4. The minimum Gasteiger partial charge on any atom is -0.452 e. The highest BCUT2D eigenvalue weighted by molar-refractivity contribution is 5.97. The van der Waals surface area contributed by atoms with Crippen LogP contribution in [0.5, 0.6) is 0 Å². The summed E-state index contributed by atoms with van der Waals surface area (Å²) in [5.74, 6) is -1.25. The first kappa shape index (κ1) is 18.3. The number of hydrogen-bond acceptors (Lipinski definition) is 6. The number of carbonyl (C=O) groups excluding carboxylic acids is 3. The van der Waals surface area contributed by atoms with E-state index in [1.54, 1.807) is 12.1 Å². The molecule has 3 rings (SSSR count). The van der Waals surface area contributed by atoms with Crippen LogP contribution < -0.4 is 10.6 Å². The molecular weight excluding hydrogens is 338 g/mol. The Bertz CT molecular complexity index is 651. The Hall–Kier alpha value is -2.45. The monoisotopic (exact) mass is 361 g/mol. The molecule has 1 aromatic carbocycles. The molecule has 26 heavy (non-hydrogen) atoms. The highest BCUT2D eigenvalue weighted by atomic mass is 16.5. The number of rotatable bonds is 6. The van der Waals surface area contributed by atoms with Gasteiger partial charge in [0.05, 0.1) is 18.8 Å². The molecule has 0 radical (unpaired) electrons. The number of ether oxygens (including phenoxy) is 2. The van der Waals surface area contributed by atoms with E-state index in [0.717, 1.165) is 51.3 Å².